The minimum Gasteiger partial charge on any atom is -0.309 e. The van der Waals surface area contributed by atoms with Crippen LogP contribution in [0.4, 0.5) is 0 Å². The van der Waals surface area contributed by atoms with Crippen LogP contribution in [0.5, 0.6) is 0 Å². The molecule has 0 amide bonds. The molecule has 0 aliphatic rings. The highest BCUT2D eigenvalue weighted by atomic mass is 32.1. The summed E-state index contributed by atoms with van der Waals surface area (Å²) in [7, 11) is 0. The molecule has 0 saturated heterocycles. The van der Waals surface area contributed by atoms with Gasteiger partial charge in [-0.3, -0.25) is 0 Å². The second-order valence-electron chi connectivity index (χ2n) is 12.4. The Morgan fingerprint density at radius 2 is 0.939 bits per heavy atom. The number of nitriles is 2. The van der Waals surface area contributed by atoms with Gasteiger partial charge in [-0.05, 0) is 96.1 Å². The first-order valence-corrected chi connectivity index (χ1v) is 16.9. The molecule has 0 saturated carbocycles. The predicted molar refractivity (Wildman–Crippen MR) is 203 cm³/mol. The molecule has 0 aliphatic carbocycles. The zero-order valence-electron chi connectivity index (χ0n) is 26.1. The molecule has 49 heavy (non-hydrogen) atoms. The third kappa shape index (κ3) is 4.07. The van der Waals surface area contributed by atoms with Gasteiger partial charge in [0.2, 0.25) is 0 Å². The summed E-state index contributed by atoms with van der Waals surface area (Å²) in [5, 5.41) is 26.3. The van der Waals surface area contributed by atoms with E-state index in [-0.39, 0.29) is 0 Å². The number of fused-ring (bicyclic) bond motifs is 9. The zero-order valence-corrected chi connectivity index (χ0v) is 26.9. The molecular weight excluding hydrogens is 617 g/mol. The Morgan fingerprint density at radius 1 is 0.388 bits per heavy atom. The zero-order chi connectivity index (χ0) is 32.6. The van der Waals surface area contributed by atoms with E-state index in [2.05, 4.69) is 143 Å². The number of aromatic nitrogens is 2. The fourth-order valence-electron chi connectivity index (χ4n) is 7.55. The molecule has 0 N–H and O–H groups in total. The van der Waals surface area contributed by atoms with Crippen molar-refractivity contribution in [1.82, 2.24) is 9.13 Å². The normalized spacial score (nSPS) is 11.6. The highest BCUT2D eigenvalue weighted by Crippen LogP contribution is 2.41. The predicted octanol–water partition coefficient (Wildman–Crippen LogP) is 11.7. The third-order valence-electron chi connectivity index (χ3n) is 9.74. The van der Waals surface area contributed by atoms with Crippen LogP contribution in [0.15, 0.2) is 146 Å². The molecule has 0 radical (unpaired) electrons. The van der Waals surface area contributed by atoms with Gasteiger partial charge in [-0.1, -0.05) is 60.7 Å². The molecule has 0 atom stereocenters. The number of para-hydroxylation sites is 1. The van der Waals surface area contributed by atoms with Gasteiger partial charge in [0.25, 0.3) is 0 Å². The van der Waals surface area contributed by atoms with E-state index in [0.717, 1.165) is 66.1 Å². The first-order valence-electron chi connectivity index (χ1n) is 16.1. The molecule has 10 rings (SSSR count). The standard InChI is InChI=1S/C44H24N4S/c45-25-27-15-17-40-35(19-27)33-11-1-3-13-39(33)47(40)31-9-5-7-29(21-31)30-8-6-10-32(22-30)48-41-18-16-28(26-46)20-36(41)37-24-44-38(23-42(37)48)34-12-2-4-14-43(34)49-44/h1-24H. The van der Waals surface area contributed by atoms with Gasteiger partial charge in [0.15, 0.2) is 0 Å². The quantitative estimate of drug-likeness (QED) is 0.193. The van der Waals surface area contributed by atoms with Gasteiger partial charge in [-0.2, -0.15) is 10.5 Å². The molecule has 0 fully saturated rings. The largest absolute Gasteiger partial charge is 0.309 e. The maximum atomic E-state index is 9.78. The lowest BCUT2D eigenvalue weighted by Gasteiger charge is -2.13. The number of hydrogen-bond acceptors (Lipinski definition) is 3. The third-order valence-corrected chi connectivity index (χ3v) is 10.9. The molecule has 5 heteroatoms. The van der Waals surface area contributed by atoms with Crippen LogP contribution in [0.1, 0.15) is 11.1 Å². The molecular formula is C44H24N4S. The van der Waals surface area contributed by atoms with E-state index < -0.39 is 0 Å². The Labute approximate surface area is 285 Å². The Morgan fingerprint density at radius 3 is 1.61 bits per heavy atom. The number of hydrogen-bond donors (Lipinski definition) is 0. The topological polar surface area (TPSA) is 57.4 Å². The van der Waals surface area contributed by atoms with E-state index in [0.29, 0.717) is 11.1 Å². The summed E-state index contributed by atoms with van der Waals surface area (Å²) in [6.45, 7) is 0. The number of rotatable bonds is 3. The molecule has 3 heterocycles. The van der Waals surface area contributed by atoms with Crippen LogP contribution < -0.4 is 0 Å². The first-order chi connectivity index (χ1) is 24.2. The van der Waals surface area contributed by atoms with Crippen molar-refractivity contribution in [3.05, 3.63) is 157 Å². The molecule has 226 valence electrons. The highest BCUT2D eigenvalue weighted by Gasteiger charge is 2.18. The fourth-order valence-corrected chi connectivity index (χ4v) is 8.68. The van der Waals surface area contributed by atoms with E-state index in [1.807, 2.05) is 35.6 Å². The van der Waals surface area contributed by atoms with E-state index in [1.54, 1.807) is 0 Å². The average Bonchev–Trinajstić information content (AvgIpc) is 3.80. The van der Waals surface area contributed by atoms with Crippen LogP contribution in [0, 0.1) is 22.7 Å². The second kappa shape index (κ2) is 10.4. The van der Waals surface area contributed by atoms with Gasteiger partial charge in [-0.15, -0.1) is 11.3 Å². The Bertz CT molecular complexity index is 3090. The van der Waals surface area contributed by atoms with Crippen LogP contribution >= 0.6 is 11.3 Å². The lowest BCUT2D eigenvalue weighted by atomic mass is 10.0. The Hall–Kier alpha value is -6.66. The highest BCUT2D eigenvalue weighted by molar-refractivity contribution is 7.25. The minimum atomic E-state index is 0.655. The maximum Gasteiger partial charge on any atom is 0.0991 e. The SMILES string of the molecule is N#Cc1ccc2c(c1)c1ccccc1n2-c1cccc(-c2cccc(-n3c4ccc(C#N)cc4c4cc5sc6ccccc6c5cc43)c2)c1. The molecule has 0 unspecified atom stereocenters. The molecule has 4 nitrogen and oxygen atoms in total. The van der Waals surface area contributed by atoms with Crippen molar-refractivity contribution >= 4 is 75.1 Å². The molecule has 0 spiro atoms. The van der Waals surface area contributed by atoms with Crippen LogP contribution in [-0.2, 0) is 0 Å². The van der Waals surface area contributed by atoms with Crippen molar-refractivity contribution in [2.45, 2.75) is 0 Å². The van der Waals surface area contributed by atoms with Gasteiger partial charge in [0.05, 0.1) is 45.3 Å². The van der Waals surface area contributed by atoms with E-state index in [9.17, 15) is 10.5 Å². The number of benzene rings is 7. The van der Waals surface area contributed by atoms with Crippen molar-refractivity contribution in [2.24, 2.45) is 0 Å². The summed E-state index contributed by atoms with van der Waals surface area (Å²) >= 11 is 1.81. The van der Waals surface area contributed by atoms with E-state index >= 15 is 0 Å². The van der Waals surface area contributed by atoms with Crippen molar-refractivity contribution in [2.75, 3.05) is 0 Å². The van der Waals surface area contributed by atoms with Gasteiger partial charge >= 0.3 is 0 Å². The van der Waals surface area contributed by atoms with Crippen molar-refractivity contribution in [3.63, 3.8) is 0 Å². The number of thiophene rings is 1. The van der Waals surface area contributed by atoms with Gasteiger partial charge in [-0.25, -0.2) is 0 Å². The summed E-state index contributed by atoms with van der Waals surface area (Å²) in [5.41, 5.74) is 10.0. The van der Waals surface area contributed by atoms with Gasteiger partial charge in [0.1, 0.15) is 0 Å². The van der Waals surface area contributed by atoms with Crippen molar-refractivity contribution < 1.29 is 0 Å². The number of nitrogens with zero attached hydrogens (tertiary/aromatic N) is 4. The first kappa shape index (κ1) is 27.5. The van der Waals surface area contributed by atoms with E-state index in [1.165, 1.54) is 20.2 Å². The molecule has 7 aromatic carbocycles. The fraction of sp³-hybridized carbons (Fsp3) is 0. The van der Waals surface area contributed by atoms with Crippen LogP contribution in [-0.4, -0.2) is 9.13 Å². The van der Waals surface area contributed by atoms with Crippen LogP contribution in [0.2, 0.25) is 0 Å². The summed E-state index contributed by atoms with van der Waals surface area (Å²) in [6, 6.07) is 55.6. The Kier molecular flexibility index (Phi) is 5.84. The second-order valence-corrected chi connectivity index (χ2v) is 13.5. The monoisotopic (exact) mass is 640 g/mol. The van der Waals surface area contributed by atoms with E-state index in [4.69, 9.17) is 0 Å². The smallest absolute Gasteiger partial charge is 0.0991 e. The summed E-state index contributed by atoms with van der Waals surface area (Å²) in [5.74, 6) is 0. The van der Waals surface area contributed by atoms with Crippen molar-refractivity contribution in [1.29, 1.82) is 10.5 Å². The lowest BCUT2D eigenvalue weighted by molar-refractivity contribution is 1.17. The molecule has 3 aromatic heterocycles. The molecule has 10 aromatic rings. The molecule has 0 bridgehead atoms. The van der Waals surface area contributed by atoms with Crippen LogP contribution in [0.25, 0.3) is 86.3 Å². The summed E-state index contributed by atoms with van der Waals surface area (Å²) in [4.78, 5) is 0. The van der Waals surface area contributed by atoms with Crippen molar-refractivity contribution in [3.8, 4) is 34.6 Å². The average molecular weight is 641 g/mol. The summed E-state index contributed by atoms with van der Waals surface area (Å²) in [6.07, 6.45) is 0. The molecule has 0 aliphatic heterocycles. The minimum absolute atomic E-state index is 0.655. The van der Waals surface area contributed by atoms with Crippen LogP contribution in [0.3, 0.4) is 0 Å². The van der Waals surface area contributed by atoms with Gasteiger partial charge in [0, 0.05) is 53.1 Å². The Balaban J connectivity index is 1.18. The van der Waals surface area contributed by atoms with Gasteiger partial charge < -0.3 is 9.13 Å². The lowest BCUT2D eigenvalue weighted by Crippen LogP contribution is -1.96. The maximum absolute atomic E-state index is 9.78. The summed E-state index contributed by atoms with van der Waals surface area (Å²) < 4.78 is 7.14.